The van der Waals surface area contributed by atoms with Crippen molar-refractivity contribution in [1.29, 1.82) is 0 Å². The van der Waals surface area contributed by atoms with Crippen LogP contribution in [0.3, 0.4) is 0 Å². The average molecular weight is 326 g/mol. The number of aromatic amines is 1. The second-order valence-corrected chi connectivity index (χ2v) is 5.43. The van der Waals surface area contributed by atoms with Crippen LogP contribution in [0.1, 0.15) is 37.4 Å². The summed E-state index contributed by atoms with van der Waals surface area (Å²) in [6.07, 6.45) is 4.19. The van der Waals surface area contributed by atoms with Gasteiger partial charge in [0.05, 0.1) is 6.61 Å². The minimum atomic E-state index is -0.378. The summed E-state index contributed by atoms with van der Waals surface area (Å²) in [6.45, 7) is 5.45. The quantitative estimate of drug-likeness (QED) is 0.359. The third kappa shape index (κ3) is 6.14. The molecule has 0 radical (unpaired) electrons. The molecule has 0 spiro atoms. The average Bonchev–Trinajstić information content (AvgIpc) is 2.41. The molecule has 0 amide bonds. The van der Waals surface area contributed by atoms with E-state index < -0.39 is 0 Å². The van der Waals surface area contributed by atoms with Gasteiger partial charge in [-0.2, -0.15) is 0 Å². The smallest absolute Gasteiger partial charge is 0.333 e. The lowest BCUT2D eigenvalue weighted by Crippen LogP contribution is -2.12. The van der Waals surface area contributed by atoms with Crippen LogP contribution in [-0.2, 0) is 9.53 Å². The lowest BCUT2D eigenvalue weighted by molar-refractivity contribution is -0.139. The van der Waals surface area contributed by atoms with Gasteiger partial charge in [-0.1, -0.05) is 18.8 Å². The van der Waals surface area contributed by atoms with Gasteiger partial charge < -0.3 is 9.72 Å². The summed E-state index contributed by atoms with van der Waals surface area (Å²) in [4.78, 5) is 25.8. The number of H-pyrrole nitrogens is 1. The van der Waals surface area contributed by atoms with E-state index in [0.29, 0.717) is 34.4 Å². The van der Waals surface area contributed by atoms with Gasteiger partial charge in [-0.3, -0.25) is 9.36 Å². The number of ether oxygens (including phenoxy) is 1. The monoisotopic (exact) mass is 326 g/mol. The second kappa shape index (κ2) is 8.63. The van der Waals surface area contributed by atoms with Gasteiger partial charge in [-0.25, -0.2) is 4.79 Å². The molecule has 0 aliphatic rings. The number of rotatable bonds is 7. The molecule has 0 aliphatic heterocycles. The summed E-state index contributed by atoms with van der Waals surface area (Å²) in [5.74, 6) is -0.456. The predicted octanol–water partition coefficient (Wildman–Crippen LogP) is 3.60. The predicted molar refractivity (Wildman–Crippen MR) is 85.3 cm³/mol. The van der Waals surface area contributed by atoms with E-state index in [2.05, 4.69) is 11.6 Å². The third-order valence-electron chi connectivity index (χ3n) is 2.71. The van der Waals surface area contributed by atoms with E-state index >= 15 is 0 Å². The van der Waals surface area contributed by atoms with Crippen LogP contribution in [0.2, 0.25) is 0 Å². The molecule has 114 valence electrons. The van der Waals surface area contributed by atoms with E-state index in [0.717, 1.165) is 12.8 Å². The molecule has 0 unspecified atom stereocenters. The summed E-state index contributed by atoms with van der Waals surface area (Å²) in [5, 5.41) is 0. The molecule has 0 aliphatic carbocycles. The van der Waals surface area contributed by atoms with Crippen LogP contribution in [0.25, 0.3) is 0 Å². The van der Waals surface area contributed by atoms with Gasteiger partial charge in [0.2, 0.25) is 5.91 Å². The second-order valence-electron chi connectivity index (χ2n) is 4.60. The number of carbonyl (C=O) groups excluding carboxylic acids is 2. The van der Waals surface area contributed by atoms with Crippen LogP contribution < -0.4 is 0 Å². The summed E-state index contributed by atoms with van der Waals surface area (Å²) in [6, 6.07) is 1.63. The molecule has 0 atom stereocenters. The van der Waals surface area contributed by atoms with E-state index in [1.54, 1.807) is 19.2 Å². The van der Waals surface area contributed by atoms with Crippen LogP contribution in [0, 0.1) is 9.41 Å². The van der Waals surface area contributed by atoms with Crippen LogP contribution in [-0.4, -0.2) is 28.0 Å². The van der Waals surface area contributed by atoms with Crippen LogP contribution >= 0.6 is 24.4 Å². The first-order chi connectivity index (χ1) is 9.91. The molecule has 21 heavy (non-hydrogen) atoms. The number of nitrogens with zero attached hydrogens (tertiary/aromatic N) is 1. The molecule has 1 N–H and O–H groups in total. The molecule has 0 saturated carbocycles. The van der Waals surface area contributed by atoms with Crippen molar-refractivity contribution in [3.8, 4) is 0 Å². The number of unbranched alkanes of at least 4 members (excludes halogenated alkanes) is 2. The van der Waals surface area contributed by atoms with Gasteiger partial charge in [0, 0.05) is 18.2 Å². The SMILES string of the molecule is C=C(C)C(=O)OCCCCCC(=O)n1ccc(=S)[nH]c1=S. The Hall–Kier alpha value is -1.60. The van der Waals surface area contributed by atoms with E-state index in [1.165, 1.54) is 4.57 Å². The van der Waals surface area contributed by atoms with Crippen molar-refractivity contribution < 1.29 is 14.3 Å². The fourth-order valence-electron chi connectivity index (χ4n) is 1.58. The first-order valence-corrected chi connectivity index (χ1v) is 7.41. The highest BCUT2D eigenvalue weighted by atomic mass is 32.1. The first kappa shape index (κ1) is 17.5. The Morgan fingerprint density at radius 2 is 2.05 bits per heavy atom. The minimum Gasteiger partial charge on any atom is -0.462 e. The molecule has 0 fully saturated rings. The molecular formula is C14H18N2O3S2. The highest BCUT2D eigenvalue weighted by molar-refractivity contribution is 7.72. The summed E-state index contributed by atoms with van der Waals surface area (Å²) >= 11 is 9.97. The van der Waals surface area contributed by atoms with E-state index in [9.17, 15) is 9.59 Å². The number of hydrogen-bond donors (Lipinski definition) is 1. The van der Waals surface area contributed by atoms with Crippen molar-refractivity contribution in [2.24, 2.45) is 0 Å². The van der Waals surface area contributed by atoms with Crippen LogP contribution in [0.15, 0.2) is 24.4 Å². The van der Waals surface area contributed by atoms with Crippen LogP contribution in [0.4, 0.5) is 0 Å². The zero-order valence-electron chi connectivity index (χ0n) is 11.9. The van der Waals surface area contributed by atoms with Crippen molar-refractivity contribution in [2.75, 3.05) is 6.61 Å². The molecule has 1 aromatic rings. The fraction of sp³-hybridized carbons (Fsp3) is 0.429. The Kier molecular flexibility index (Phi) is 7.18. The fourth-order valence-corrected chi connectivity index (χ4v) is 2.07. The van der Waals surface area contributed by atoms with Gasteiger partial charge in [0.15, 0.2) is 4.77 Å². The summed E-state index contributed by atoms with van der Waals surface area (Å²) in [5.41, 5.74) is 0.390. The van der Waals surface area contributed by atoms with Crippen molar-refractivity contribution in [3.05, 3.63) is 33.8 Å². The maximum Gasteiger partial charge on any atom is 0.333 e. The topological polar surface area (TPSA) is 64.1 Å². The largest absolute Gasteiger partial charge is 0.462 e. The first-order valence-electron chi connectivity index (χ1n) is 6.59. The lowest BCUT2D eigenvalue weighted by Gasteiger charge is -2.06. The van der Waals surface area contributed by atoms with Gasteiger partial charge in [-0.05, 0) is 44.5 Å². The third-order valence-corrected chi connectivity index (χ3v) is 3.25. The molecule has 1 heterocycles. The van der Waals surface area contributed by atoms with E-state index in [4.69, 9.17) is 29.2 Å². The molecule has 0 saturated heterocycles. The van der Waals surface area contributed by atoms with E-state index in [1.807, 2.05) is 0 Å². The zero-order chi connectivity index (χ0) is 15.8. The molecule has 1 rings (SSSR count). The maximum absolute atomic E-state index is 12.0. The number of hydrogen-bond acceptors (Lipinski definition) is 5. The van der Waals surface area contributed by atoms with Gasteiger partial charge in [-0.15, -0.1) is 0 Å². The van der Waals surface area contributed by atoms with Gasteiger partial charge in [0.25, 0.3) is 0 Å². The maximum atomic E-state index is 12.0. The number of esters is 1. The Balaban J connectivity index is 2.28. The van der Waals surface area contributed by atoms with Crippen molar-refractivity contribution in [1.82, 2.24) is 9.55 Å². The molecule has 5 nitrogen and oxygen atoms in total. The highest BCUT2D eigenvalue weighted by Crippen LogP contribution is 2.04. The Labute approximate surface area is 133 Å². The van der Waals surface area contributed by atoms with Crippen molar-refractivity contribution in [2.45, 2.75) is 32.6 Å². The minimum absolute atomic E-state index is 0.0785. The zero-order valence-corrected chi connectivity index (χ0v) is 13.5. The lowest BCUT2D eigenvalue weighted by atomic mass is 10.2. The van der Waals surface area contributed by atoms with Crippen molar-refractivity contribution in [3.63, 3.8) is 0 Å². The van der Waals surface area contributed by atoms with Gasteiger partial charge in [0.1, 0.15) is 4.64 Å². The summed E-state index contributed by atoms with van der Waals surface area (Å²) < 4.78 is 7.16. The molecular weight excluding hydrogens is 308 g/mol. The highest BCUT2D eigenvalue weighted by Gasteiger charge is 2.05. The Morgan fingerprint density at radius 1 is 1.33 bits per heavy atom. The normalized spacial score (nSPS) is 10.1. The van der Waals surface area contributed by atoms with Crippen LogP contribution in [0.5, 0.6) is 0 Å². The summed E-state index contributed by atoms with van der Waals surface area (Å²) in [7, 11) is 0. The number of nitrogens with one attached hydrogen (secondary N) is 1. The van der Waals surface area contributed by atoms with Gasteiger partial charge >= 0.3 is 5.97 Å². The molecule has 0 aromatic carbocycles. The van der Waals surface area contributed by atoms with E-state index in [-0.39, 0.29) is 11.9 Å². The standard InChI is InChI=1S/C14H18N2O3S2/c1-10(2)13(18)19-9-5-3-4-6-12(17)16-8-7-11(20)15-14(16)21/h7-8H,1,3-6,9H2,2H3,(H,15,20,21). The molecule has 1 aromatic heterocycles. The molecule has 0 bridgehead atoms. The Bertz CT molecular complexity index is 646. The Morgan fingerprint density at radius 3 is 2.67 bits per heavy atom. The molecule has 7 heteroatoms. The number of carbonyl (C=O) groups is 2. The van der Waals surface area contributed by atoms with Crippen molar-refractivity contribution >= 4 is 36.3 Å². The number of aromatic nitrogens is 2.